The lowest BCUT2D eigenvalue weighted by Gasteiger charge is -2.11. The first-order valence-corrected chi connectivity index (χ1v) is 8.10. The van der Waals surface area contributed by atoms with Gasteiger partial charge < -0.3 is 4.74 Å². The number of hydrogen-bond donors (Lipinski definition) is 0. The van der Waals surface area contributed by atoms with Crippen LogP contribution in [0.1, 0.15) is 17.1 Å². The first-order valence-electron chi connectivity index (χ1n) is 8.10. The highest BCUT2D eigenvalue weighted by atomic mass is 16.5. The van der Waals surface area contributed by atoms with E-state index in [9.17, 15) is 0 Å². The smallest absolute Gasteiger partial charge is 0.149 e. The van der Waals surface area contributed by atoms with E-state index in [1.54, 1.807) is 23.7 Å². The number of anilines is 1. The van der Waals surface area contributed by atoms with Crippen LogP contribution in [0.15, 0.2) is 51.5 Å². The van der Waals surface area contributed by atoms with Crippen LogP contribution in [0.3, 0.4) is 0 Å². The van der Waals surface area contributed by atoms with Crippen LogP contribution in [0.5, 0.6) is 0 Å². The Morgan fingerprint density at radius 1 is 0.800 bits per heavy atom. The molecule has 0 spiro atoms. The Kier molecular flexibility index (Phi) is 5.95. The van der Waals surface area contributed by atoms with E-state index in [1.807, 2.05) is 43.4 Å². The Bertz CT molecular complexity index is 787. The second-order valence-electron chi connectivity index (χ2n) is 5.36. The summed E-state index contributed by atoms with van der Waals surface area (Å²) in [4.78, 5) is 17.7. The van der Waals surface area contributed by atoms with Gasteiger partial charge in [-0.05, 0) is 24.3 Å². The fraction of sp³-hybridized carbons (Fsp3) is 0.278. The second-order valence-corrected chi connectivity index (χ2v) is 5.36. The highest BCUT2D eigenvalue weighted by Crippen LogP contribution is 2.09. The van der Waals surface area contributed by atoms with E-state index in [4.69, 9.17) is 4.74 Å². The van der Waals surface area contributed by atoms with Crippen molar-refractivity contribution >= 4 is 24.5 Å². The summed E-state index contributed by atoms with van der Waals surface area (Å²) < 4.78 is 5.51. The van der Waals surface area contributed by atoms with Crippen molar-refractivity contribution in [2.45, 2.75) is 0 Å². The number of pyridine rings is 2. The monoisotopic (exact) mass is 336 g/mol. The average molecular weight is 336 g/mol. The molecule has 4 bridgehead atoms. The van der Waals surface area contributed by atoms with E-state index in [0.29, 0.717) is 26.3 Å². The minimum absolute atomic E-state index is 0.559. The van der Waals surface area contributed by atoms with Gasteiger partial charge in [-0.2, -0.15) is 5.10 Å². The molecular formula is C18H20N6O. The lowest BCUT2D eigenvalue weighted by molar-refractivity contribution is 0.150. The van der Waals surface area contributed by atoms with Gasteiger partial charge in [0.1, 0.15) is 5.82 Å². The Balaban J connectivity index is 1.86. The molecule has 0 aromatic carbocycles. The van der Waals surface area contributed by atoms with E-state index in [-0.39, 0.29) is 0 Å². The molecule has 0 saturated heterocycles. The first-order chi connectivity index (χ1) is 12.3. The van der Waals surface area contributed by atoms with Crippen LogP contribution < -0.4 is 5.01 Å². The van der Waals surface area contributed by atoms with Crippen LogP contribution in [0.25, 0.3) is 0 Å². The molecule has 128 valence electrons. The van der Waals surface area contributed by atoms with Gasteiger partial charge in [-0.1, -0.05) is 12.1 Å². The third-order valence-corrected chi connectivity index (χ3v) is 3.42. The largest absolute Gasteiger partial charge is 0.378 e. The summed E-state index contributed by atoms with van der Waals surface area (Å²) in [6, 6.07) is 11.5. The van der Waals surface area contributed by atoms with E-state index in [2.05, 4.69) is 25.1 Å². The molecule has 3 rings (SSSR count). The van der Waals surface area contributed by atoms with Crippen LogP contribution in [-0.2, 0) is 4.74 Å². The minimum Gasteiger partial charge on any atom is -0.378 e. The molecule has 0 amide bonds. The summed E-state index contributed by atoms with van der Waals surface area (Å²) in [5.74, 6) is 0.732. The van der Waals surface area contributed by atoms with Crippen molar-refractivity contribution in [1.82, 2.24) is 9.97 Å². The summed E-state index contributed by atoms with van der Waals surface area (Å²) >= 11 is 0. The fourth-order valence-electron chi connectivity index (χ4n) is 2.16. The number of ether oxygens (including phenoxy) is 1. The van der Waals surface area contributed by atoms with Crippen molar-refractivity contribution in [2.24, 2.45) is 15.1 Å². The third kappa shape index (κ3) is 5.29. The van der Waals surface area contributed by atoms with Gasteiger partial charge in [0.25, 0.3) is 0 Å². The Morgan fingerprint density at radius 2 is 1.40 bits per heavy atom. The molecule has 0 aliphatic carbocycles. The first kappa shape index (κ1) is 16.9. The van der Waals surface area contributed by atoms with Crippen molar-refractivity contribution in [3.05, 3.63) is 53.5 Å². The number of fused-ring (bicyclic) bond motifs is 4. The van der Waals surface area contributed by atoms with Gasteiger partial charge in [0.05, 0.1) is 49.6 Å². The number of aliphatic imine (C=N–C) groups is 2. The molecule has 3 heterocycles. The third-order valence-electron chi connectivity index (χ3n) is 3.42. The molecule has 0 radical (unpaired) electrons. The maximum absolute atomic E-state index is 5.51. The predicted octanol–water partition coefficient (Wildman–Crippen LogP) is 1.81. The lowest BCUT2D eigenvalue weighted by Crippen LogP contribution is -2.12. The Hall–Kier alpha value is -2.93. The van der Waals surface area contributed by atoms with Gasteiger partial charge in [-0.3, -0.25) is 15.0 Å². The molecular weight excluding hydrogens is 316 g/mol. The summed E-state index contributed by atoms with van der Waals surface area (Å²) in [5.41, 5.74) is 2.33. The molecule has 25 heavy (non-hydrogen) atoms. The van der Waals surface area contributed by atoms with Gasteiger partial charge in [-0.25, -0.2) is 9.97 Å². The fourth-order valence-corrected chi connectivity index (χ4v) is 2.16. The van der Waals surface area contributed by atoms with Gasteiger partial charge in [0.2, 0.25) is 0 Å². The normalized spacial score (nSPS) is 16.9. The van der Waals surface area contributed by atoms with Crippen molar-refractivity contribution in [3.63, 3.8) is 0 Å². The summed E-state index contributed by atoms with van der Waals surface area (Å²) in [6.45, 7) is 2.30. The van der Waals surface area contributed by atoms with Gasteiger partial charge in [0.15, 0.2) is 0 Å². The highest BCUT2D eigenvalue weighted by molar-refractivity contribution is 5.82. The molecule has 1 aliphatic heterocycles. The molecule has 0 atom stereocenters. The van der Waals surface area contributed by atoms with Crippen LogP contribution in [0.2, 0.25) is 0 Å². The SMILES string of the molecule is CN1/N=C/c2cccc(n2)C=NCCOCCN=Cc2cccc1n2. The number of rotatable bonds is 0. The quantitative estimate of drug-likeness (QED) is 0.735. The zero-order valence-electron chi connectivity index (χ0n) is 14.1. The number of hydrazone groups is 1. The predicted molar refractivity (Wildman–Crippen MR) is 100 cm³/mol. The van der Waals surface area contributed by atoms with Crippen LogP contribution in [0, 0.1) is 0 Å². The van der Waals surface area contributed by atoms with Crippen LogP contribution in [0.4, 0.5) is 5.82 Å². The van der Waals surface area contributed by atoms with Crippen molar-refractivity contribution in [3.8, 4) is 0 Å². The molecule has 7 heteroatoms. The van der Waals surface area contributed by atoms with Gasteiger partial charge >= 0.3 is 0 Å². The maximum atomic E-state index is 5.51. The zero-order chi connectivity index (χ0) is 17.3. The van der Waals surface area contributed by atoms with E-state index < -0.39 is 0 Å². The minimum atomic E-state index is 0.559. The molecule has 0 N–H and O–H groups in total. The van der Waals surface area contributed by atoms with Gasteiger partial charge in [0, 0.05) is 19.5 Å². The maximum Gasteiger partial charge on any atom is 0.149 e. The highest BCUT2D eigenvalue weighted by Gasteiger charge is 2.01. The van der Waals surface area contributed by atoms with E-state index >= 15 is 0 Å². The second kappa shape index (κ2) is 8.79. The van der Waals surface area contributed by atoms with E-state index in [1.165, 1.54) is 0 Å². The van der Waals surface area contributed by atoms with Crippen LogP contribution >= 0.6 is 0 Å². The summed E-state index contributed by atoms with van der Waals surface area (Å²) in [7, 11) is 1.84. The average Bonchev–Trinajstić information content (AvgIpc) is 2.65. The summed E-state index contributed by atoms with van der Waals surface area (Å²) in [6.07, 6.45) is 5.19. The molecule has 1 aliphatic rings. The lowest BCUT2D eigenvalue weighted by atomic mass is 10.3. The van der Waals surface area contributed by atoms with Crippen molar-refractivity contribution < 1.29 is 4.74 Å². The number of nitrogens with zero attached hydrogens (tertiary/aromatic N) is 6. The van der Waals surface area contributed by atoms with E-state index in [0.717, 1.165) is 22.9 Å². The summed E-state index contributed by atoms with van der Waals surface area (Å²) in [5, 5.41) is 6.11. The number of aromatic nitrogens is 2. The van der Waals surface area contributed by atoms with Gasteiger partial charge in [-0.15, -0.1) is 0 Å². The molecule has 2 aromatic rings. The Morgan fingerprint density at radius 3 is 2.12 bits per heavy atom. The number of hydrogen-bond acceptors (Lipinski definition) is 7. The molecule has 0 unspecified atom stereocenters. The molecule has 0 fully saturated rings. The molecule has 7 nitrogen and oxygen atoms in total. The zero-order valence-corrected chi connectivity index (χ0v) is 14.1. The van der Waals surface area contributed by atoms with Crippen molar-refractivity contribution in [2.75, 3.05) is 38.4 Å². The molecule has 2 aromatic heterocycles. The molecule has 0 saturated carbocycles. The van der Waals surface area contributed by atoms with Crippen LogP contribution in [-0.4, -0.2) is 62.0 Å². The Labute approximate surface area is 146 Å². The standard InChI is InChI=1S/C18H20N6O/c1-24-18-7-3-6-16(23-18)13-20-9-11-25-10-8-19-12-15-4-2-5-17(22-15)14-21-24/h2-7,12-14H,8-11H2,1H3/b19-12?,20-13?,21-14+. The topological polar surface area (TPSA) is 75.3 Å². The van der Waals surface area contributed by atoms with Crippen molar-refractivity contribution in [1.29, 1.82) is 0 Å².